The average Bonchev–Trinajstić information content (AvgIpc) is 2.65. The summed E-state index contributed by atoms with van der Waals surface area (Å²) in [6.45, 7) is 4.13. The van der Waals surface area contributed by atoms with Gasteiger partial charge < -0.3 is 5.73 Å². The van der Waals surface area contributed by atoms with E-state index >= 15 is 0 Å². The maximum atomic E-state index is 12.8. The number of likely N-dealkylation sites (tertiary alicyclic amines) is 1. The first-order valence-electron chi connectivity index (χ1n) is 5.42. The molecule has 15 heavy (non-hydrogen) atoms. The van der Waals surface area contributed by atoms with Crippen molar-refractivity contribution >= 4 is 0 Å². The first kappa shape index (κ1) is 10.6. The van der Waals surface area contributed by atoms with E-state index in [4.69, 9.17) is 5.73 Å². The average molecular weight is 208 g/mol. The predicted molar refractivity (Wildman–Crippen MR) is 59.0 cm³/mol. The highest BCUT2D eigenvalue weighted by molar-refractivity contribution is 5.19. The fourth-order valence-corrected chi connectivity index (χ4v) is 2.12. The van der Waals surface area contributed by atoms with E-state index in [1.807, 2.05) is 12.1 Å². The van der Waals surface area contributed by atoms with Crippen LogP contribution in [0.4, 0.5) is 4.39 Å². The van der Waals surface area contributed by atoms with Crippen LogP contribution in [0.5, 0.6) is 0 Å². The van der Waals surface area contributed by atoms with Gasteiger partial charge in [0.05, 0.1) is 0 Å². The molecule has 3 heteroatoms. The first-order chi connectivity index (χ1) is 7.16. The molecule has 0 saturated carbocycles. The van der Waals surface area contributed by atoms with Crippen LogP contribution in [0.25, 0.3) is 0 Å². The van der Waals surface area contributed by atoms with Crippen LogP contribution in [0.3, 0.4) is 0 Å². The second-order valence-corrected chi connectivity index (χ2v) is 4.27. The number of halogens is 1. The Bertz CT molecular complexity index is 323. The lowest BCUT2D eigenvalue weighted by Crippen LogP contribution is -2.28. The second kappa shape index (κ2) is 4.29. The molecule has 1 aliphatic rings. The summed E-state index contributed by atoms with van der Waals surface area (Å²) in [5, 5.41) is 0. The SMILES string of the molecule is CC(c1ccc(F)cc1)N1CCC(N)C1. The quantitative estimate of drug-likeness (QED) is 0.804. The lowest BCUT2D eigenvalue weighted by atomic mass is 10.1. The molecule has 1 heterocycles. The zero-order valence-corrected chi connectivity index (χ0v) is 8.99. The molecule has 0 spiro atoms. The topological polar surface area (TPSA) is 29.3 Å². The lowest BCUT2D eigenvalue weighted by molar-refractivity contribution is 0.260. The molecule has 1 aromatic carbocycles. The van der Waals surface area contributed by atoms with Crippen LogP contribution in [0.2, 0.25) is 0 Å². The van der Waals surface area contributed by atoms with Crippen LogP contribution < -0.4 is 5.73 Å². The molecule has 1 fully saturated rings. The maximum absolute atomic E-state index is 12.8. The van der Waals surface area contributed by atoms with Crippen molar-refractivity contribution in [3.8, 4) is 0 Å². The first-order valence-corrected chi connectivity index (χ1v) is 5.42. The van der Waals surface area contributed by atoms with E-state index in [1.165, 1.54) is 12.1 Å². The zero-order valence-electron chi connectivity index (χ0n) is 8.99. The molecule has 2 rings (SSSR count). The van der Waals surface area contributed by atoms with Gasteiger partial charge in [-0.15, -0.1) is 0 Å². The number of benzene rings is 1. The molecular weight excluding hydrogens is 191 g/mol. The summed E-state index contributed by atoms with van der Waals surface area (Å²) >= 11 is 0. The van der Waals surface area contributed by atoms with Gasteiger partial charge in [0.15, 0.2) is 0 Å². The number of hydrogen-bond acceptors (Lipinski definition) is 2. The fourth-order valence-electron chi connectivity index (χ4n) is 2.12. The molecule has 2 atom stereocenters. The summed E-state index contributed by atoms with van der Waals surface area (Å²) < 4.78 is 12.8. The minimum Gasteiger partial charge on any atom is -0.326 e. The molecule has 0 amide bonds. The number of nitrogens with two attached hydrogens (primary N) is 1. The Balaban J connectivity index is 2.07. The summed E-state index contributed by atoms with van der Waals surface area (Å²) in [6.07, 6.45) is 1.06. The van der Waals surface area contributed by atoms with Crippen molar-refractivity contribution in [2.24, 2.45) is 5.73 Å². The molecule has 0 bridgehead atoms. The van der Waals surface area contributed by atoms with Crippen molar-refractivity contribution in [2.45, 2.75) is 25.4 Å². The van der Waals surface area contributed by atoms with Crippen molar-refractivity contribution in [1.29, 1.82) is 0 Å². The number of rotatable bonds is 2. The second-order valence-electron chi connectivity index (χ2n) is 4.27. The van der Waals surface area contributed by atoms with E-state index in [9.17, 15) is 4.39 Å². The third kappa shape index (κ3) is 2.36. The van der Waals surface area contributed by atoms with E-state index in [-0.39, 0.29) is 5.82 Å². The summed E-state index contributed by atoms with van der Waals surface area (Å²) in [5.74, 6) is -0.177. The summed E-state index contributed by atoms with van der Waals surface area (Å²) in [4.78, 5) is 2.35. The van der Waals surface area contributed by atoms with Gasteiger partial charge in [-0.05, 0) is 31.0 Å². The summed E-state index contributed by atoms with van der Waals surface area (Å²) in [5.41, 5.74) is 7.02. The Morgan fingerprint density at radius 1 is 1.40 bits per heavy atom. The maximum Gasteiger partial charge on any atom is 0.123 e. The van der Waals surface area contributed by atoms with E-state index in [1.54, 1.807) is 0 Å². The summed E-state index contributed by atoms with van der Waals surface area (Å²) in [6, 6.07) is 7.37. The molecule has 2 nitrogen and oxygen atoms in total. The smallest absolute Gasteiger partial charge is 0.123 e. The Morgan fingerprint density at radius 3 is 2.60 bits per heavy atom. The molecule has 0 aliphatic carbocycles. The van der Waals surface area contributed by atoms with E-state index < -0.39 is 0 Å². The van der Waals surface area contributed by atoms with Gasteiger partial charge in [0.2, 0.25) is 0 Å². The van der Waals surface area contributed by atoms with Crippen LogP contribution in [0, 0.1) is 5.82 Å². The highest BCUT2D eigenvalue weighted by Crippen LogP contribution is 2.24. The van der Waals surface area contributed by atoms with Gasteiger partial charge in [-0.1, -0.05) is 12.1 Å². The van der Waals surface area contributed by atoms with Gasteiger partial charge in [0.1, 0.15) is 5.82 Å². The van der Waals surface area contributed by atoms with Crippen LogP contribution >= 0.6 is 0 Å². The van der Waals surface area contributed by atoms with E-state index in [0.717, 1.165) is 25.1 Å². The number of nitrogens with zero attached hydrogens (tertiary/aromatic N) is 1. The zero-order chi connectivity index (χ0) is 10.8. The normalized spacial score (nSPS) is 24.3. The third-order valence-electron chi connectivity index (χ3n) is 3.16. The Morgan fingerprint density at radius 2 is 2.07 bits per heavy atom. The number of hydrogen-bond donors (Lipinski definition) is 1. The minimum absolute atomic E-state index is 0.177. The third-order valence-corrected chi connectivity index (χ3v) is 3.16. The van der Waals surface area contributed by atoms with Crippen LogP contribution in [-0.4, -0.2) is 24.0 Å². The minimum atomic E-state index is -0.177. The molecule has 2 unspecified atom stereocenters. The van der Waals surface area contributed by atoms with Crippen molar-refractivity contribution in [3.05, 3.63) is 35.6 Å². The fraction of sp³-hybridized carbons (Fsp3) is 0.500. The molecule has 2 N–H and O–H groups in total. The molecule has 1 saturated heterocycles. The Kier molecular flexibility index (Phi) is 3.03. The predicted octanol–water partition coefficient (Wildman–Crippen LogP) is 1.92. The van der Waals surface area contributed by atoms with Crippen LogP contribution in [0.1, 0.15) is 24.9 Å². The lowest BCUT2D eigenvalue weighted by Gasteiger charge is -2.24. The van der Waals surface area contributed by atoms with Crippen LogP contribution in [0.15, 0.2) is 24.3 Å². The molecule has 1 aliphatic heterocycles. The molecule has 0 radical (unpaired) electrons. The highest BCUT2D eigenvalue weighted by atomic mass is 19.1. The van der Waals surface area contributed by atoms with Crippen molar-refractivity contribution in [3.63, 3.8) is 0 Å². The van der Waals surface area contributed by atoms with Crippen molar-refractivity contribution in [2.75, 3.05) is 13.1 Å². The molecule has 1 aromatic rings. The standard InChI is InChI=1S/C12H17FN2/c1-9(15-7-6-12(14)8-15)10-2-4-11(13)5-3-10/h2-5,9,12H,6-8,14H2,1H3. The van der Waals surface area contributed by atoms with Gasteiger partial charge in [-0.3, -0.25) is 4.90 Å². The van der Waals surface area contributed by atoms with E-state index in [0.29, 0.717) is 12.1 Å². The van der Waals surface area contributed by atoms with Gasteiger partial charge in [-0.25, -0.2) is 4.39 Å². The summed E-state index contributed by atoms with van der Waals surface area (Å²) in [7, 11) is 0. The Labute approximate surface area is 89.9 Å². The largest absolute Gasteiger partial charge is 0.326 e. The molecule has 0 aromatic heterocycles. The van der Waals surface area contributed by atoms with Gasteiger partial charge in [-0.2, -0.15) is 0 Å². The van der Waals surface area contributed by atoms with Crippen molar-refractivity contribution in [1.82, 2.24) is 4.90 Å². The van der Waals surface area contributed by atoms with Crippen LogP contribution in [-0.2, 0) is 0 Å². The van der Waals surface area contributed by atoms with Gasteiger partial charge in [0.25, 0.3) is 0 Å². The van der Waals surface area contributed by atoms with E-state index in [2.05, 4.69) is 11.8 Å². The monoisotopic (exact) mass is 208 g/mol. The molecular formula is C12H17FN2. The highest BCUT2D eigenvalue weighted by Gasteiger charge is 2.24. The van der Waals surface area contributed by atoms with Gasteiger partial charge >= 0.3 is 0 Å². The Hall–Kier alpha value is -0.930. The van der Waals surface area contributed by atoms with Crippen molar-refractivity contribution < 1.29 is 4.39 Å². The van der Waals surface area contributed by atoms with Gasteiger partial charge in [0, 0.05) is 25.2 Å². The molecule has 82 valence electrons.